The summed E-state index contributed by atoms with van der Waals surface area (Å²) in [4.78, 5) is 21.0. The van der Waals surface area contributed by atoms with Crippen LogP contribution in [0.1, 0.15) is 36.0 Å². The third kappa shape index (κ3) is 5.05. The van der Waals surface area contributed by atoms with Gasteiger partial charge in [-0.05, 0) is 25.0 Å². The third-order valence-electron chi connectivity index (χ3n) is 2.75. The minimum absolute atomic E-state index is 0.0834. The quantitative estimate of drug-likeness (QED) is 0.310. The van der Waals surface area contributed by atoms with Gasteiger partial charge in [0.25, 0.3) is 5.69 Å². The first-order valence-electron chi connectivity index (χ1n) is 6.27. The number of benzene rings is 1. The topological polar surface area (TPSA) is 92.5 Å². The average molecular weight is 266 g/mol. The van der Waals surface area contributed by atoms with Crippen LogP contribution in [0.15, 0.2) is 18.2 Å². The van der Waals surface area contributed by atoms with Crippen LogP contribution in [0, 0.1) is 10.1 Å². The molecule has 0 radical (unpaired) electrons. The predicted octanol–water partition coefficient (Wildman–Crippen LogP) is 2.37. The molecule has 0 aliphatic heterocycles. The van der Waals surface area contributed by atoms with E-state index in [0.717, 1.165) is 25.7 Å². The second kappa shape index (κ2) is 8.20. The van der Waals surface area contributed by atoms with Crippen molar-refractivity contribution in [2.75, 3.05) is 18.5 Å². The fraction of sp³-hybridized carbons (Fsp3) is 0.462. The molecule has 0 unspecified atom stereocenters. The summed E-state index contributed by atoms with van der Waals surface area (Å²) in [5.74, 6) is 0. The number of aliphatic hydroxyl groups excluding tert-OH is 1. The number of carbonyl (C=O) groups excluding carboxylic acids is 1. The highest BCUT2D eigenvalue weighted by molar-refractivity contribution is 5.79. The van der Waals surface area contributed by atoms with E-state index in [4.69, 9.17) is 5.11 Å². The molecule has 1 aromatic rings. The van der Waals surface area contributed by atoms with Crippen LogP contribution in [0.4, 0.5) is 11.4 Å². The largest absolute Gasteiger partial charge is 0.396 e. The van der Waals surface area contributed by atoms with Crippen molar-refractivity contribution in [1.82, 2.24) is 0 Å². The monoisotopic (exact) mass is 266 g/mol. The first kappa shape index (κ1) is 15.1. The van der Waals surface area contributed by atoms with E-state index in [0.29, 0.717) is 24.1 Å². The predicted molar refractivity (Wildman–Crippen MR) is 72.5 cm³/mol. The summed E-state index contributed by atoms with van der Waals surface area (Å²) in [5.41, 5.74) is 0.637. The van der Waals surface area contributed by atoms with Crippen LogP contribution in [0.5, 0.6) is 0 Å². The van der Waals surface area contributed by atoms with E-state index in [1.807, 2.05) is 0 Å². The number of aldehydes is 1. The van der Waals surface area contributed by atoms with Gasteiger partial charge in [-0.1, -0.05) is 12.8 Å². The van der Waals surface area contributed by atoms with Gasteiger partial charge >= 0.3 is 0 Å². The number of nitrogens with one attached hydrogen (secondary N) is 1. The van der Waals surface area contributed by atoms with E-state index in [1.54, 1.807) is 12.1 Å². The Labute approximate surface area is 111 Å². The molecule has 1 aromatic carbocycles. The Morgan fingerprint density at radius 3 is 2.63 bits per heavy atom. The molecule has 104 valence electrons. The number of hydrogen-bond acceptors (Lipinski definition) is 5. The van der Waals surface area contributed by atoms with Crippen LogP contribution in [0.2, 0.25) is 0 Å². The van der Waals surface area contributed by atoms with Crippen LogP contribution in [-0.2, 0) is 0 Å². The molecule has 0 amide bonds. The molecule has 6 heteroatoms. The Balaban J connectivity index is 2.53. The Morgan fingerprint density at radius 2 is 2.00 bits per heavy atom. The highest BCUT2D eigenvalue weighted by Gasteiger charge is 2.13. The smallest absolute Gasteiger partial charge is 0.293 e. The molecule has 0 fully saturated rings. The van der Waals surface area contributed by atoms with Crippen molar-refractivity contribution in [1.29, 1.82) is 0 Å². The number of unbranched alkanes of at least 4 members (excludes halogenated alkanes) is 3. The van der Waals surface area contributed by atoms with Gasteiger partial charge in [0.1, 0.15) is 12.0 Å². The number of rotatable bonds is 9. The lowest BCUT2D eigenvalue weighted by Crippen LogP contribution is -2.05. The SMILES string of the molecule is O=Cc1ccc(NCCCCCCO)c([N+](=O)[O-])c1. The minimum Gasteiger partial charge on any atom is -0.396 e. The number of nitro groups is 1. The molecule has 6 nitrogen and oxygen atoms in total. The Hall–Kier alpha value is -1.95. The van der Waals surface area contributed by atoms with E-state index in [-0.39, 0.29) is 12.3 Å². The molecule has 0 aliphatic carbocycles. The van der Waals surface area contributed by atoms with Gasteiger partial charge < -0.3 is 10.4 Å². The number of aliphatic hydroxyl groups is 1. The molecule has 19 heavy (non-hydrogen) atoms. The zero-order valence-corrected chi connectivity index (χ0v) is 10.7. The fourth-order valence-corrected chi connectivity index (χ4v) is 1.74. The van der Waals surface area contributed by atoms with Gasteiger partial charge in [0.05, 0.1) is 4.92 Å². The summed E-state index contributed by atoms with van der Waals surface area (Å²) in [6.07, 6.45) is 4.17. The van der Waals surface area contributed by atoms with Crippen molar-refractivity contribution in [3.8, 4) is 0 Å². The standard InChI is InChI=1S/C13H18N2O4/c16-8-4-2-1-3-7-14-12-6-5-11(10-17)9-13(12)15(18)19/h5-6,9-10,14,16H,1-4,7-8H2. The summed E-state index contributed by atoms with van der Waals surface area (Å²) in [5, 5.41) is 22.5. The van der Waals surface area contributed by atoms with Crippen LogP contribution < -0.4 is 5.32 Å². The molecular weight excluding hydrogens is 248 g/mol. The maximum atomic E-state index is 10.9. The van der Waals surface area contributed by atoms with E-state index in [2.05, 4.69) is 5.32 Å². The molecule has 0 saturated heterocycles. The van der Waals surface area contributed by atoms with E-state index in [1.165, 1.54) is 6.07 Å². The highest BCUT2D eigenvalue weighted by Crippen LogP contribution is 2.25. The lowest BCUT2D eigenvalue weighted by molar-refractivity contribution is -0.384. The lowest BCUT2D eigenvalue weighted by atomic mass is 10.1. The van der Waals surface area contributed by atoms with Crippen molar-refractivity contribution >= 4 is 17.7 Å². The van der Waals surface area contributed by atoms with Crippen molar-refractivity contribution < 1.29 is 14.8 Å². The van der Waals surface area contributed by atoms with Gasteiger partial charge in [-0.15, -0.1) is 0 Å². The average Bonchev–Trinajstić information content (AvgIpc) is 2.42. The molecule has 0 aliphatic rings. The minimum atomic E-state index is -0.499. The number of nitrogens with zero attached hydrogens (tertiary/aromatic N) is 1. The van der Waals surface area contributed by atoms with Gasteiger partial charge in [0.15, 0.2) is 0 Å². The lowest BCUT2D eigenvalue weighted by Gasteiger charge is -2.07. The fourth-order valence-electron chi connectivity index (χ4n) is 1.74. The summed E-state index contributed by atoms with van der Waals surface area (Å²) in [6, 6.07) is 4.37. The molecule has 0 spiro atoms. The summed E-state index contributed by atoms with van der Waals surface area (Å²) in [6.45, 7) is 0.832. The molecule has 0 saturated carbocycles. The first-order chi connectivity index (χ1) is 9.19. The second-order valence-corrected chi connectivity index (χ2v) is 4.22. The maximum Gasteiger partial charge on any atom is 0.293 e. The molecule has 0 bridgehead atoms. The Morgan fingerprint density at radius 1 is 1.26 bits per heavy atom. The van der Waals surface area contributed by atoms with E-state index >= 15 is 0 Å². The Bertz CT molecular complexity index is 435. The zero-order chi connectivity index (χ0) is 14.1. The number of hydrogen-bond donors (Lipinski definition) is 2. The van der Waals surface area contributed by atoms with Crippen LogP contribution in [-0.4, -0.2) is 29.5 Å². The number of carbonyl (C=O) groups is 1. The van der Waals surface area contributed by atoms with Crippen molar-refractivity contribution in [3.05, 3.63) is 33.9 Å². The van der Waals surface area contributed by atoms with E-state index < -0.39 is 4.92 Å². The highest BCUT2D eigenvalue weighted by atomic mass is 16.6. The van der Waals surface area contributed by atoms with Crippen molar-refractivity contribution in [2.45, 2.75) is 25.7 Å². The summed E-state index contributed by atoms with van der Waals surface area (Å²) < 4.78 is 0. The second-order valence-electron chi connectivity index (χ2n) is 4.22. The van der Waals surface area contributed by atoms with Gasteiger partial charge in [-0.2, -0.15) is 0 Å². The van der Waals surface area contributed by atoms with Crippen molar-refractivity contribution in [3.63, 3.8) is 0 Å². The van der Waals surface area contributed by atoms with Gasteiger partial charge in [-0.25, -0.2) is 0 Å². The number of nitro benzene ring substituents is 1. The zero-order valence-electron chi connectivity index (χ0n) is 10.7. The van der Waals surface area contributed by atoms with Gasteiger partial charge in [0.2, 0.25) is 0 Å². The molecule has 0 heterocycles. The molecule has 2 N–H and O–H groups in total. The summed E-state index contributed by atoms with van der Waals surface area (Å²) >= 11 is 0. The van der Waals surface area contributed by atoms with Crippen LogP contribution in [0.25, 0.3) is 0 Å². The Kier molecular flexibility index (Phi) is 6.52. The summed E-state index contributed by atoms with van der Waals surface area (Å²) in [7, 11) is 0. The third-order valence-corrected chi connectivity index (χ3v) is 2.75. The molecular formula is C13H18N2O4. The van der Waals surface area contributed by atoms with Crippen LogP contribution >= 0.6 is 0 Å². The van der Waals surface area contributed by atoms with Gasteiger partial charge in [-0.3, -0.25) is 14.9 Å². The first-order valence-corrected chi connectivity index (χ1v) is 6.27. The van der Waals surface area contributed by atoms with Gasteiger partial charge in [0, 0.05) is 24.8 Å². The molecule has 1 rings (SSSR count). The normalized spacial score (nSPS) is 10.2. The number of anilines is 1. The molecule has 0 aromatic heterocycles. The molecule has 0 atom stereocenters. The van der Waals surface area contributed by atoms with Crippen molar-refractivity contribution in [2.24, 2.45) is 0 Å². The van der Waals surface area contributed by atoms with Crippen LogP contribution in [0.3, 0.4) is 0 Å². The van der Waals surface area contributed by atoms with E-state index in [9.17, 15) is 14.9 Å². The maximum absolute atomic E-state index is 10.9.